The average molecular weight is 154 g/mol. The average Bonchev–Trinajstić information content (AvgIpc) is 2.00. The molecule has 0 atom stereocenters. The van der Waals surface area contributed by atoms with Crippen molar-refractivity contribution in [2.75, 3.05) is 6.61 Å². The fraction of sp³-hybridized carbons (Fsp3) is 0.250. The highest BCUT2D eigenvalue weighted by atomic mass is 16.5. The van der Waals surface area contributed by atoms with Crippen LogP contribution in [-0.2, 0) is 14.3 Å². The lowest BCUT2D eigenvalue weighted by Gasteiger charge is -2.00. The zero-order valence-corrected chi connectivity index (χ0v) is 6.21. The van der Waals surface area contributed by atoms with Crippen LogP contribution in [0.2, 0.25) is 0 Å². The van der Waals surface area contributed by atoms with E-state index in [1.807, 2.05) is 0 Å². The number of esters is 1. The number of carbonyl (C=O) groups is 2. The van der Waals surface area contributed by atoms with Crippen LogP contribution in [0.5, 0.6) is 0 Å². The van der Waals surface area contributed by atoms with E-state index in [9.17, 15) is 9.59 Å². The molecule has 3 nitrogen and oxygen atoms in total. The van der Waals surface area contributed by atoms with Crippen LogP contribution in [0.25, 0.3) is 0 Å². The lowest BCUT2D eigenvalue weighted by molar-refractivity contribution is -0.141. The molecule has 11 heavy (non-hydrogen) atoms. The summed E-state index contributed by atoms with van der Waals surface area (Å²) in [5.41, 5.74) is 0.307. The van der Waals surface area contributed by atoms with Gasteiger partial charge in [0, 0.05) is 5.57 Å². The van der Waals surface area contributed by atoms with Crippen molar-refractivity contribution >= 4 is 12.3 Å². The molecule has 0 aromatic rings. The Bertz CT molecular complexity index is 182. The second kappa shape index (κ2) is 5.41. The Morgan fingerprint density at radius 3 is 2.64 bits per heavy atom. The van der Waals surface area contributed by atoms with E-state index in [0.29, 0.717) is 18.3 Å². The van der Waals surface area contributed by atoms with Gasteiger partial charge in [-0.25, -0.2) is 4.79 Å². The normalized spacial score (nSPS) is 8.36. The Labute approximate surface area is 65.4 Å². The van der Waals surface area contributed by atoms with Gasteiger partial charge in [-0.1, -0.05) is 12.7 Å². The molecule has 0 N–H and O–H groups in total. The quantitative estimate of drug-likeness (QED) is 0.255. The van der Waals surface area contributed by atoms with Gasteiger partial charge in [0.2, 0.25) is 0 Å². The molecule has 0 rings (SSSR count). The molecule has 3 heteroatoms. The van der Waals surface area contributed by atoms with Crippen molar-refractivity contribution in [3.05, 3.63) is 24.8 Å². The molecule has 0 bridgehead atoms. The van der Waals surface area contributed by atoms with Crippen LogP contribution in [-0.4, -0.2) is 18.9 Å². The number of hydrogen-bond donors (Lipinski definition) is 0. The summed E-state index contributed by atoms with van der Waals surface area (Å²) in [6.07, 6.45) is 2.45. The van der Waals surface area contributed by atoms with E-state index in [4.69, 9.17) is 0 Å². The zero-order valence-electron chi connectivity index (χ0n) is 6.21. The summed E-state index contributed by atoms with van der Waals surface area (Å²) in [5.74, 6) is -0.544. The Morgan fingerprint density at radius 2 is 2.18 bits per heavy atom. The maximum atomic E-state index is 10.8. The van der Waals surface area contributed by atoms with Crippen LogP contribution >= 0.6 is 0 Å². The third-order valence-corrected chi connectivity index (χ3v) is 0.962. The van der Waals surface area contributed by atoms with Gasteiger partial charge in [-0.05, 0) is 6.42 Å². The van der Waals surface area contributed by atoms with E-state index in [-0.39, 0.29) is 6.61 Å². The van der Waals surface area contributed by atoms with E-state index in [1.54, 1.807) is 6.08 Å². The number of hydrogen-bond acceptors (Lipinski definition) is 3. The first kappa shape index (κ1) is 9.62. The molecule has 60 valence electrons. The fourth-order valence-corrected chi connectivity index (χ4v) is 0.469. The van der Waals surface area contributed by atoms with E-state index in [0.717, 1.165) is 0 Å². The first-order valence-corrected chi connectivity index (χ1v) is 3.11. The molecule has 0 aliphatic rings. The van der Waals surface area contributed by atoms with Gasteiger partial charge in [-0.2, -0.15) is 0 Å². The summed E-state index contributed by atoms with van der Waals surface area (Å²) in [5, 5.41) is 0. The van der Waals surface area contributed by atoms with Gasteiger partial charge < -0.3 is 4.74 Å². The van der Waals surface area contributed by atoms with Crippen molar-refractivity contribution in [3.63, 3.8) is 0 Å². The maximum Gasteiger partial charge on any atom is 0.334 e. The minimum Gasteiger partial charge on any atom is -0.455 e. The summed E-state index contributed by atoms with van der Waals surface area (Å²) in [4.78, 5) is 20.5. The topological polar surface area (TPSA) is 43.4 Å². The predicted molar refractivity (Wildman–Crippen MR) is 41.0 cm³/mol. The summed E-state index contributed by atoms with van der Waals surface area (Å²) in [6.45, 7) is 6.65. The molecule has 0 radical (unpaired) electrons. The number of carbonyl (C=O) groups excluding carboxylic acids is 2. The maximum absolute atomic E-state index is 10.8. The highest BCUT2D eigenvalue weighted by Gasteiger charge is 2.04. The second-order valence-corrected chi connectivity index (χ2v) is 1.86. The van der Waals surface area contributed by atoms with Crippen molar-refractivity contribution < 1.29 is 14.3 Å². The number of aldehydes is 1. The largest absolute Gasteiger partial charge is 0.455 e. The minimum atomic E-state index is -0.544. The van der Waals surface area contributed by atoms with Crippen molar-refractivity contribution in [3.8, 4) is 0 Å². The Morgan fingerprint density at radius 1 is 1.55 bits per heavy atom. The Hall–Kier alpha value is -1.38. The van der Waals surface area contributed by atoms with E-state index in [1.165, 1.54) is 0 Å². The summed E-state index contributed by atoms with van der Waals surface area (Å²) >= 11 is 0. The van der Waals surface area contributed by atoms with E-state index >= 15 is 0 Å². The molecular weight excluding hydrogens is 144 g/mol. The van der Waals surface area contributed by atoms with Crippen LogP contribution in [0.4, 0.5) is 0 Å². The smallest absolute Gasteiger partial charge is 0.334 e. The minimum absolute atomic E-state index is 0.213. The van der Waals surface area contributed by atoms with Gasteiger partial charge in [0.15, 0.2) is 6.29 Å². The van der Waals surface area contributed by atoms with Gasteiger partial charge in [-0.3, -0.25) is 4.79 Å². The first-order valence-electron chi connectivity index (χ1n) is 3.11. The third kappa shape index (κ3) is 4.08. The monoisotopic (exact) mass is 154 g/mol. The fourth-order valence-electron chi connectivity index (χ4n) is 0.469. The van der Waals surface area contributed by atoms with Crippen molar-refractivity contribution in [1.82, 2.24) is 0 Å². The van der Waals surface area contributed by atoms with Crippen LogP contribution < -0.4 is 0 Å². The molecule has 0 aliphatic heterocycles. The first-order chi connectivity index (χ1) is 5.22. The van der Waals surface area contributed by atoms with Crippen molar-refractivity contribution in [2.24, 2.45) is 0 Å². The molecular formula is C8H10O3. The predicted octanol–water partition coefficient (Wildman–Crippen LogP) is 0.861. The van der Waals surface area contributed by atoms with Crippen molar-refractivity contribution in [2.45, 2.75) is 6.42 Å². The van der Waals surface area contributed by atoms with Crippen LogP contribution in [0.15, 0.2) is 24.8 Å². The lowest BCUT2D eigenvalue weighted by atomic mass is 10.2. The van der Waals surface area contributed by atoms with Gasteiger partial charge >= 0.3 is 5.97 Å². The van der Waals surface area contributed by atoms with Gasteiger partial charge in [0.05, 0.1) is 0 Å². The third-order valence-electron chi connectivity index (χ3n) is 0.962. The van der Waals surface area contributed by atoms with Crippen LogP contribution in [0, 0.1) is 0 Å². The molecule has 0 spiro atoms. The molecule has 0 saturated carbocycles. The molecule has 0 aromatic heterocycles. The second-order valence-electron chi connectivity index (χ2n) is 1.86. The Kier molecular flexibility index (Phi) is 4.73. The molecule has 0 aliphatic carbocycles. The van der Waals surface area contributed by atoms with Crippen molar-refractivity contribution in [1.29, 1.82) is 0 Å². The number of ether oxygens (including phenoxy) is 1. The summed E-state index contributed by atoms with van der Waals surface area (Å²) in [6, 6.07) is 0. The van der Waals surface area contributed by atoms with Gasteiger partial charge in [0.1, 0.15) is 6.61 Å². The SMILES string of the molecule is C=CCC(=C)C(=O)OCC=O. The highest BCUT2D eigenvalue weighted by molar-refractivity contribution is 5.88. The van der Waals surface area contributed by atoms with Gasteiger partial charge in [0.25, 0.3) is 0 Å². The summed E-state index contributed by atoms with van der Waals surface area (Å²) in [7, 11) is 0. The van der Waals surface area contributed by atoms with E-state index in [2.05, 4.69) is 17.9 Å². The summed E-state index contributed by atoms with van der Waals surface area (Å²) < 4.78 is 4.45. The highest BCUT2D eigenvalue weighted by Crippen LogP contribution is 2.00. The molecule has 0 amide bonds. The zero-order chi connectivity index (χ0) is 8.69. The lowest BCUT2D eigenvalue weighted by Crippen LogP contribution is -2.08. The molecule has 0 saturated heterocycles. The van der Waals surface area contributed by atoms with E-state index < -0.39 is 5.97 Å². The molecule has 0 aromatic carbocycles. The van der Waals surface area contributed by atoms with Crippen LogP contribution in [0.1, 0.15) is 6.42 Å². The van der Waals surface area contributed by atoms with Crippen LogP contribution in [0.3, 0.4) is 0 Å². The molecule has 0 heterocycles. The standard InChI is InChI=1S/C8H10O3/c1-3-4-7(2)8(10)11-6-5-9/h3,5H,1-2,4,6H2. The number of rotatable bonds is 5. The number of allylic oxidation sites excluding steroid dienone is 1. The molecule has 0 unspecified atom stereocenters. The molecule has 0 fully saturated rings. The Balaban J connectivity index is 3.72. The van der Waals surface area contributed by atoms with Gasteiger partial charge in [-0.15, -0.1) is 6.58 Å².